The van der Waals surface area contributed by atoms with E-state index in [1.165, 1.54) is 24.8 Å². The number of sulfonamides is 1. The number of nitrogens with one attached hydrogen (secondary N) is 2. The van der Waals surface area contributed by atoms with Crippen LogP contribution in [0.15, 0.2) is 60.7 Å². The number of hydrogen-bond donors (Lipinski definition) is 2. The fourth-order valence-electron chi connectivity index (χ4n) is 2.85. The maximum atomic E-state index is 11.2. The molecule has 2 aromatic rings. The van der Waals surface area contributed by atoms with Gasteiger partial charge in [-0.05, 0) is 42.6 Å². The molecule has 2 N–H and O–H groups in total. The lowest BCUT2D eigenvalue weighted by atomic mass is 10.2. The third kappa shape index (κ3) is 11.4. The molecule has 5 nitrogen and oxygen atoms in total. The van der Waals surface area contributed by atoms with Gasteiger partial charge in [-0.2, -0.15) is 0 Å². The van der Waals surface area contributed by atoms with Gasteiger partial charge < -0.3 is 10.1 Å². The van der Waals surface area contributed by atoms with Crippen molar-refractivity contribution in [2.75, 3.05) is 30.7 Å². The molecular formula is C23H32N2O3S. The molecule has 2 aromatic carbocycles. The van der Waals surface area contributed by atoms with Crippen molar-refractivity contribution >= 4 is 21.8 Å². The molecule has 0 bridgehead atoms. The maximum absolute atomic E-state index is 11.2. The van der Waals surface area contributed by atoms with Gasteiger partial charge in [0.1, 0.15) is 0 Å². The molecule has 0 aliphatic heterocycles. The van der Waals surface area contributed by atoms with Gasteiger partial charge in [-0.3, -0.25) is 4.72 Å². The lowest BCUT2D eigenvalue weighted by Gasteiger charge is -2.05. The van der Waals surface area contributed by atoms with E-state index in [9.17, 15) is 8.42 Å². The van der Waals surface area contributed by atoms with Crippen LogP contribution in [0.3, 0.4) is 0 Å². The van der Waals surface area contributed by atoms with Crippen LogP contribution >= 0.6 is 0 Å². The third-order valence-corrected chi connectivity index (χ3v) is 4.91. The molecule has 0 atom stereocenters. The quantitative estimate of drug-likeness (QED) is 0.447. The van der Waals surface area contributed by atoms with Crippen molar-refractivity contribution in [3.63, 3.8) is 0 Å². The summed E-state index contributed by atoms with van der Waals surface area (Å²) in [7, 11) is -3.23. The minimum absolute atomic E-state index is 0.566. The van der Waals surface area contributed by atoms with Crippen LogP contribution < -0.4 is 10.0 Å². The summed E-state index contributed by atoms with van der Waals surface area (Å²) < 4.78 is 30.4. The number of ether oxygens (including phenoxy) is 1. The van der Waals surface area contributed by atoms with Crippen LogP contribution in [0.25, 0.3) is 6.08 Å². The molecule has 0 aliphatic carbocycles. The highest BCUT2D eigenvalue weighted by Gasteiger charge is 2.00. The SMILES string of the molecule is CS(=O)(=O)Nc1ccc(/C=C\COCCCCCCNCc2ccccc2)cc1. The van der Waals surface area contributed by atoms with Crippen molar-refractivity contribution in [1.29, 1.82) is 0 Å². The zero-order valence-corrected chi connectivity index (χ0v) is 18.0. The van der Waals surface area contributed by atoms with Gasteiger partial charge in [-0.25, -0.2) is 8.42 Å². The molecule has 0 spiro atoms. The Kier molecular flexibility index (Phi) is 10.5. The average Bonchev–Trinajstić information content (AvgIpc) is 2.70. The van der Waals surface area contributed by atoms with Gasteiger partial charge in [0.15, 0.2) is 0 Å². The Bertz CT molecular complexity index is 819. The van der Waals surface area contributed by atoms with Crippen molar-refractivity contribution in [2.24, 2.45) is 0 Å². The summed E-state index contributed by atoms with van der Waals surface area (Å²) in [5.74, 6) is 0. The lowest BCUT2D eigenvalue weighted by Crippen LogP contribution is -2.14. The van der Waals surface area contributed by atoms with Gasteiger partial charge >= 0.3 is 0 Å². The van der Waals surface area contributed by atoms with E-state index >= 15 is 0 Å². The summed E-state index contributed by atoms with van der Waals surface area (Å²) in [6, 6.07) is 17.7. The van der Waals surface area contributed by atoms with E-state index in [0.717, 1.165) is 37.9 Å². The molecule has 0 radical (unpaired) electrons. The molecule has 6 heteroatoms. The number of benzene rings is 2. The summed E-state index contributed by atoms with van der Waals surface area (Å²) in [4.78, 5) is 0. The van der Waals surface area contributed by atoms with Gasteiger partial charge in [0, 0.05) is 18.8 Å². The molecular weight excluding hydrogens is 384 g/mol. The second kappa shape index (κ2) is 13.1. The summed E-state index contributed by atoms with van der Waals surface area (Å²) >= 11 is 0. The van der Waals surface area contributed by atoms with Gasteiger partial charge in [-0.15, -0.1) is 0 Å². The van der Waals surface area contributed by atoms with Crippen LogP contribution in [0, 0.1) is 0 Å². The predicted molar refractivity (Wildman–Crippen MR) is 121 cm³/mol. The first-order chi connectivity index (χ1) is 14.0. The maximum Gasteiger partial charge on any atom is 0.229 e. The molecule has 0 aromatic heterocycles. The van der Waals surface area contributed by atoms with Crippen molar-refractivity contribution < 1.29 is 13.2 Å². The van der Waals surface area contributed by atoms with Crippen LogP contribution in [-0.4, -0.2) is 34.4 Å². The summed E-state index contributed by atoms with van der Waals surface area (Å²) in [6.45, 7) is 3.35. The van der Waals surface area contributed by atoms with E-state index in [4.69, 9.17) is 4.74 Å². The molecule has 0 amide bonds. The normalized spacial score (nSPS) is 11.8. The fraction of sp³-hybridized carbons (Fsp3) is 0.391. The van der Waals surface area contributed by atoms with E-state index in [0.29, 0.717) is 12.3 Å². The van der Waals surface area contributed by atoms with Crippen molar-refractivity contribution in [1.82, 2.24) is 5.32 Å². The van der Waals surface area contributed by atoms with Crippen molar-refractivity contribution in [3.05, 3.63) is 71.8 Å². The van der Waals surface area contributed by atoms with Crippen LogP contribution in [-0.2, 0) is 21.3 Å². The molecule has 0 saturated carbocycles. The Labute approximate surface area is 175 Å². The Morgan fingerprint density at radius 1 is 0.931 bits per heavy atom. The van der Waals surface area contributed by atoms with Crippen LogP contribution in [0.5, 0.6) is 0 Å². The van der Waals surface area contributed by atoms with E-state index in [1.54, 1.807) is 12.1 Å². The summed E-state index contributed by atoms with van der Waals surface area (Å²) in [5.41, 5.74) is 2.90. The number of rotatable bonds is 14. The fourth-order valence-corrected chi connectivity index (χ4v) is 3.41. The van der Waals surface area contributed by atoms with E-state index in [-0.39, 0.29) is 0 Å². The predicted octanol–water partition coefficient (Wildman–Crippen LogP) is 4.44. The first kappa shape index (κ1) is 23.1. The first-order valence-corrected chi connectivity index (χ1v) is 12.0. The topological polar surface area (TPSA) is 67.4 Å². The second-order valence-corrected chi connectivity index (χ2v) is 8.80. The van der Waals surface area contributed by atoms with E-state index in [1.807, 2.05) is 30.4 Å². The lowest BCUT2D eigenvalue weighted by molar-refractivity contribution is 0.157. The molecule has 2 rings (SSSR count). The molecule has 0 unspecified atom stereocenters. The van der Waals surface area contributed by atoms with Gasteiger partial charge in [0.05, 0.1) is 12.9 Å². The number of unbranched alkanes of at least 4 members (excludes halogenated alkanes) is 3. The minimum Gasteiger partial charge on any atom is -0.377 e. The molecule has 0 aliphatic rings. The molecule has 0 saturated heterocycles. The highest BCUT2D eigenvalue weighted by Crippen LogP contribution is 2.12. The zero-order chi connectivity index (χ0) is 20.8. The Hall–Kier alpha value is -2.15. The Morgan fingerprint density at radius 3 is 2.38 bits per heavy atom. The Balaban J connectivity index is 1.44. The molecule has 29 heavy (non-hydrogen) atoms. The standard InChI is InChI=1S/C23H32N2O3S/c1-29(26,27)25-23-15-13-21(14-16-23)12-9-19-28-18-8-3-2-7-17-24-20-22-10-5-4-6-11-22/h4-6,9-16,24-25H,2-3,7-8,17-20H2,1H3/b12-9-. The van der Waals surface area contributed by atoms with Gasteiger partial charge in [0.25, 0.3) is 0 Å². The number of anilines is 1. The van der Waals surface area contributed by atoms with Gasteiger partial charge in [-0.1, -0.05) is 67.5 Å². The highest BCUT2D eigenvalue weighted by molar-refractivity contribution is 7.92. The monoisotopic (exact) mass is 416 g/mol. The van der Waals surface area contributed by atoms with Crippen molar-refractivity contribution in [3.8, 4) is 0 Å². The number of hydrogen-bond acceptors (Lipinski definition) is 4. The second-order valence-electron chi connectivity index (χ2n) is 7.05. The first-order valence-electron chi connectivity index (χ1n) is 10.1. The highest BCUT2D eigenvalue weighted by atomic mass is 32.2. The molecule has 0 heterocycles. The molecule has 158 valence electrons. The van der Waals surface area contributed by atoms with E-state index in [2.05, 4.69) is 34.3 Å². The largest absolute Gasteiger partial charge is 0.377 e. The van der Waals surface area contributed by atoms with Crippen LogP contribution in [0.4, 0.5) is 5.69 Å². The summed E-state index contributed by atoms with van der Waals surface area (Å²) in [5, 5.41) is 3.48. The van der Waals surface area contributed by atoms with Crippen LogP contribution in [0.1, 0.15) is 36.8 Å². The van der Waals surface area contributed by atoms with Gasteiger partial charge in [0.2, 0.25) is 10.0 Å². The zero-order valence-electron chi connectivity index (χ0n) is 17.1. The van der Waals surface area contributed by atoms with Crippen LogP contribution in [0.2, 0.25) is 0 Å². The molecule has 0 fully saturated rings. The minimum atomic E-state index is -3.23. The van der Waals surface area contributed by atoms with E-state index < -0.39 is 10.0 Å². The van der Waals surface area contributed by atoms with Crippen molar-refractivity contribution in [2.45, 2.75) is 32.2 Å². The third-order valence-electron chi connectivity index (χ3n) is 4.30. The average molecular weight is 417 g/mol. The summed E-state index contributed by atoms with van der Waals surface area (Å²) in [6.07, 6.45) is 9.77. The Morgan fingerprint density at radius 2 is 1.66 bits per heavy atom. The smallest absolute Gasteiger partial charge is 0.229 e.